The maximum atomic E-state index is 12.9. The molecular formula is C20H30F2N2O2S. The molecule has 0 spiro atoms. The third-order valence-electron chi connectivity index (χ3n) is 5.29. The number of aryl methyl sites for hydroxylation is 1. The Morgan fingerprint density at radius 1 is 1.04 bits per heavy atom. The van der Waals surface area contributed by atoms with Crippen LogP contribution in [0, 0.1) is 6.92 Å². The van der Waals surface area contributed by atoms with Crippen LogP contribution >= 0.6 is 11.3 Å². The standard InChI is InChI=1S/C12H15F2NOS.C8H15NO/c1-8-2-3-10(17-8)11(16)15-9-4-6-12(13,14)7-5-9;1-2-7(1)9-8-3-5-10-6-4-8/h2-3,9H,4-7H2,1H3,(H,15,16);7-9H,1-6H2. The summed E-state index contributed by atoms with van der Waals surface area (Å²) in [5.41, 5.74) is 0. The second-order valence-corrected chi connectivity index (χ2v) is 9.13. The summed E-state index contributed by atoms with van der Waals surface area (Å²) in [5, 5.41) is 6.44. The Bertz CT molecular complexity index is 603. The number of amides is 1. The number of hydrogen-bond acceptors (Lipinski definition) is 4. The van der Waals surface area contributed by atoms with Crippen molar-refractivity contribution in [3.63, 3.8) is 0 Å². The first kappa shape index (κ1) is 20.7. The fourth-order valence-corrected chi connectivity index (χ4v) is 4.22. The van der Waals surface area contributed by atoms with Gasteiger partial charge in [0.2, 0.25) is 5.92 Å². The van der Waals surface area contributed by atoms with Gasteiger partial charge in [-0.05, 0) is 57.6 Å². The van der Waals surface area contributed by atoms with Gasteiger partial charge in [0.1, 0.15) is 0 Å². The first-order chi connectivity index (χ1) is 12.9. The highest BCUT2D eigenvalue weighted by Crippen LogP contribution is 2.33. The van der Waals surface area contributed by atoms with E-state index in [4.69, 9.17) is 4.74 Å². The predicted molar refractivity (Wildman–Crippen MR) is 104 cm³/mol. The number of hydrogen-bond donors (Lipinski definition) is 2. The smallest absolute Gasteiger partial charge is 0.261 e. The molecule has 27 heavy (non-hydrogen) atoms. The molecule has 1 aromatic heterocycles. The van der Waals surface area contributed by atoms with Crippen LogP contribution in [0.1, 0.15) is 65.9 Å². The van der Waals surface area contributed by atoms with Gasteiger partial charge in [-0.15, -0.1) is 11.3 Å². The average Bonchev–Trinajstić information content (AvgIpc) is 3.35. The number of halogens is 2. The van der Waals surface area contributed by atoms with E-state index < -0.39 is 5.92 Å². The van der Waals surface area contributed by atoms with Gasteiger partial charge in [-0.2, -0.15) is 0 Å². The van der Waals surface area contributed by atoms with Gasteiger partial charge < -0.3 is 15.4 Å². The zero-order valence-corrected chi connectivity index (χ0v) is 16.8. The molecule has 2 N–H and O–H groups in total. The summed E-state index contributed by atoms with van der Waals surface area (Å²) < 4.78 is 31.1. The van der Waals surface area contributed by atoms with Gasteiger partial charge in [-0.1, -0.05) is 0 Å². The lowest BCUT2D eigenvalue weighted by molar-refractivity contribution is -0.0399. The highest BCUT2D eigenvalue weighted by molar-refractivity contribution is 7.13. The van der Waals surface area contributed by atoms with Gasteiger partial charge in [-0.25, -0.2) is 8.78 Å². The Morgan fingerprint density at radius 2 is 1.67 bits per heavy atom. The third kappa shape index (κ3) is 7.12. The quantitative estimate of drug-likeness (QED) is 0.793. The Morgan fingerprint density at radius 3 is 2.22 bits per heavy atom. The zero-order valence-electron chi connectivity index (χ0n) is 15.9. The summed E-state index contributed by atoms with van der Waals surface area (Å²) >= 11 is 1.42. The van der Waals surface area contributed by atoms with Crippen molar-refractivity contribution in [1.82, 2.24) is 10.6 Å². The Labute approximate surface area is 164 Å². The summed E-state index contributed by atoms with van der Waals surface area (Å²) in [5.74, 6) is -2.68. The highest BCUT2D eigenvalue weighted by atomic mass is 32.1. The molecule has 0 atom stereocenters. The lowest BCUT2D eigenvalue weighted by atomic mass is 9.92. The zero-order chi connectivity index (χ0) is 19.3. The van der Waals surface area contributed by atoms with Crippen LogP contribution in [0.5, 0.6) is 0 Å². The molecule has 0 unspecified atom stereocenters. The van der Waals surface area contributed by atoms with Crippen LogP contribution in [0.2, 0.25) is 0 Å². The molecule has 1 aromatic rings. The maximum absolute atomic E-state index is 12.9. The van der Waals surface area contributed by atoms with E-state index in [1.807, 2.05) is 13.0 Å². The van der Waals surface area contributed by atoms with Crippen molar-refractivity contribution >= 4 is 17.2 Å². The van der Waals surface area contributed by atoms with Crippen LogP contribution in [-0.2, 0) is 4.74 Å². The monoisotopic (exact) mass is 400 g/mol. The first-order valence-corrected chi connectivity index (χ1v) is 10.8. The molecule has 2 saturated carbocycles. The average molecular weight is 401 g/mol. The fourth-order valence-electron chi connectivity index (χ4n) is 3.45. The van der Waals surface area contributed by atoms with E-state index in [1.165, 1.54) is 37.0 Å². The Kier molecular flexibility index (Phi) is 7.22. The maximum Gasteiger partial charge on any atom is 0.261 e. The van der Waals surface area contributed by atoms with Crippen molar-refractivity contribution in [2.75, 3.05) is 13.2 Å². The topological polar surface area (TPSA) is 50.4 Å². The third-order valence-corrected chi connectivity index (χ3v) is 6.29. The number of nitrogens with one attached hydrogen (secondary N) is 2. The lowest BCUT2D eigenvalue weighted by Crippen LogP contribution is -2.40. The van der Waals surface area contributed by atoms with E-state index in [0.29, 0.717) is 17.7 Å². The largest absolute Gasteiger partial charge is 0.381 e. The SMILES string of the molecule is C1CC(NC2CC2)CCO1.Cc1ccc(C(=O)NC2CCC(F)(F)CC2)s1. The summed E-state index contributed by atoms with van der Waals surface area (Å²) in [7, 11) is 0. The van der Waals surface area contributed by atoms with Crippen LogP contribution in [0.15, 0.2) is 12.1 Å². The van der Waals surface area contributed by atoms with Crippen LogP contribution in [-0.4, -0.2) is 43.2 Å². The van der Waals surface area contributed by atoms with E-state index >= 15 is 0 Å². The second-order valence-electron chi connectivity index (χ2n) is 7.84. The van der Waals surface area contributed by atoms with Crippen molar-refractivity contribution in [2.24, 2.45) is 0 Å². The summed E-state index contributed by atoms with van der Waals surface area (Å²) in [6.07, 6.45) is 5.72. The number of alkyl halides is 2. The minimum absolute atomic E-state index is 0.107. The van der Waals surface area contributed by atoms with Crippen LogP contribution < -0.4 is 10.6 Å². The molecule has 0 radical (unpaired) electrons. The van der Waals surface area contributed by atoms with E-state index in [0.717, 1.165) is 30.2 Å². The number of carbonyl (C=O) groups excluding carboxylic acids is 1. The minimum atomic E-state index is -2.54. The highest BCUT2D eigenvalue weighted by Gasteiger charge is 2.35. The molecule has 1 saturated heterocycles. The van der Waals surface area contributed by atoms with Crippen molar-refractivity contribution in [3.8, 4) is 0 Å². The van der Waals surface area contributed by atoms with Gasteiger partial charge in [0, 0.05) is 49.1 Å². The molecule has 152 valence electrons. The van der Waals surface area contributed by atoms with Gasteiger partial charge in [0.15, 0.2) is 0 Å². The lowest BCUT2D eigenvalue weighted by Gasteiger charge is -2.28. The molecule has 0 bridgehead atoms. The summed E-state index contributed by atoms with van der Waals surface area (Å²) in [6, 6.07) is 5.18. The van der Waals surface area contributed by atoms with E-state index in [-0.39, 0.29) is 24.8 Å². The van der Waals surface area contributed by atoms with Crippen molar-refractivity contribution in [1.29, 1.82) is 0 Å². The van der Waals surface area contributed by atoms with Crippen LogP contribution in [0.3, 0.4) is 0 Å². The Balaban J connectivity index is 0.000000177. The molecule has 3 fully saturated rings. The van der Waals surface area contributed by atoms with E-state index in [2.05, 4.69) is 10.6 Å². The van der Waals surface area contributed by atoms with Crippen LogP contribution in [0.4, 0.5) is 8.78 Å². The molecule has 4 nitrogen and oxygen atoms in total. The predicted octanol–water partition coefficient (Wildman–Crippen LogP) is 4.28. The first-order valence-electron chi connectivity index (χ1n) is 10.0. The molecule has 7 heteroatoms. The van der Waals surface area contributed by atoms with Gasteiger partial charge in [0.25, 0.3) is 5.91 Å². The van der Waals surface area contributed by atoms with E-state index in [9.17, 15) is 13.6 Å². The number of rotatable bonds is 4. The molecule has 2 aliphatic carbocycles. The van der Waals surface area contributed by atoms with Gasteiger partial charge in [-0.3, -0.25) is 4.79 Å². The number of thiophene rings is 1. The molecular weight excluding hydrogens is 370 g/mol. The number of ether oxygens (including phenoxy) is 1. The second kappa shape index (κ2) is 9.43. The fraction of sp³-hybridized carbons (Fsp3) is 0.750. The van der Waals surface area contributed by atoms with Crippen LogP contribution in [0.25, 0.3) is 0 Å². The summed E-state index contributed by atoms with van der Waals surface area (Å²) in [6.45, 7) is 3.86. The van der Waals surface area contributed by atoms with Gasteiger partial charge in [0.05, 0.1) is 4.88 Å². The molecule has 1 aliphatic heterocycles. The van der Waals surface area contributed by atoms with Gasteiger partial charge >= 0.3 is 0 Å². The van der Waals surface area contributed by atoms with Crippen molar-refractivity contribution in [3.05, 3.63) is 21.9 Å². The van der Waals surface area contributed by atoms with Crippen molar-refractivity contribution < 1.29 is 18.3 Å². The normalized spacial score (nSPS) is 23.4. The van der Waals surface area contributed by atoms with E-state index in [1.54, 1.807) is 6.07 Å². The van der Waals surface area contributed by atoms with Crippen molar-refractivity contribution in [2.45, 2.75) is 82.3 Å². The minimum Gasteiger partial charge on any atom is -0.381 e. The number of carbonyl (C=O) groups is 1. The Hall–Kier alpha value is -1.05. The molecule has 1 amide bonds. The summed E-state index contributed by atoms with van der Waals surface area (Å²) in [4.78, 5) is 13.5. The molecule has 2 heterocycles. The molecule has 4 rings (SSSR count). The molecule has 0 aromatic carbocycles. The molecule has 3 aliphatic rings.